The van der Waals surface area contributed by atoms with E-state index in [9.17, 15) is 9.59 Å². The summed E-state index contributed by atoms with van der Waals surface area (Å²) in [7, 11) is 1.36. The number of rotatable bonds is 7. The predicted molar refractivity (Wildman–Crippen MR) is 80.2 cm³/mol. The molecule has 1 N–H and O–H groups in total. The van der Waals surface area contributed by atoms with E-state index in [-0.39, 0.29) is 30.4 Å². The monoisotopic (exact) mass is 293 g/mol. The molecule has 0 aromatic heterocycles. The lowest BCUT2D eigenvalue weighted by Gasteiger charge is -2.24. The van der Waals surface area contributed by atoms with Crippen LogP contribution in [0.15, 0.2) is 24.3 Å². The van der Waals surface area contributed by atoms with Crippen LogP contribution in [0.1, 0.15) is 32.8 Å². The van der Waals surface area contributed by atoms with Crippen molar-refractivity contribution >= 4 is 11.9 Å². The summed E-state index contributed by atoms with van der Waals surface area (Å²) in [5.41, 5.74) is 0.607. The number of ether oxygens (including phenoxy) is 2. The van der Waals surface area contributed by atoms with E-state index in [1.54, 1.807) is 24.3 Å². The highest BCUT2D eigenvalue weighted by molar-refractivity contribution is 5.78. The maximum Gasteiger partial charge on any atom is 0.309 e. The molecule has 0 unspecified atom stereocenters. The van der Waals surface area contributed by atoms with Crippen LogP contribution in [0.2, 0.25) is 0 Å². The van der Waals surface area contributed by atoms with Crippen LogP contribution in [0.4, 0.5) is 0 Å². The van der Waals surface area contributed by atoms with Gasteiger partial charge >= 0.3 is 5.97 Å². The van der Waals surface area contributed by atoms with E-state index >= 15 is 0 Å². The summed E-state index contributed by atoms with van der Waals surface area (Å²) in [6.45, 7) is 5.92. The molecule has 21 heavy (non-hydrogen) atoms. The third kappa shape index (κ3) is 6.29. The van der Waals surface area contributed by atoms with Gasteiger partial charge in [-0.05, 0) is 38.0 Å². The van der Waals surface area contributed by atoms with Gasteiger partial charge in [0.1, 0.15) is 5.75 Å². The molecule has 0 radical (unpaired) electrons. The first-order chi connectivity index (χ1) is 9.86. The Labute approximate surface area is 125 Å². The molecule has 116 valence electrons. The zero-order valence-electron chi connectivity index (χ0n) is 13.1. The molecule has 0 atom stereocenters. The second-order valence-electron chi connectivity index (χ2n) is 5.47. The van der Waals surface area contributed by atoms with Crippen molar-refractivity contribution in [3.63, 3.8) is 0 Å². The zero-order valence-corrected chi connectivity index (χ0v) is 13.1. The molecular formula is C16H23NO4. The number of hydrogen-bond donors (Lipinski definition) is 1. The fourth-order valence-corrected chi connectivity index (χ4v) is 1.59. The summed E-state index contributed by atoms with van der Waals surface area (Å²) in [5, 5.41) is 2.90. The van der Waals surface area contributed by atoms with Gasteiger partial charge in [0, 0.05) is 5.54 Å². The van der Waals surface area contributed by atoms with Crippen molar-refractivity contribution in [3.8, 4) is 5.75 Å². The third-order valence-electron chi connectivity index (χ3n) is 3.23. The van der Waals surface area contributed by atoms with Crippen molar-refractivity contribution in [2.75, 3.05) is 13.7 Å². The standard InChI is InChI=1S/C16H23NO4/c1-5-16(2,3)17-14(18)11-21-13-8-6-12(7-9-13)10-15(19)20-4/h6-9H,5,10-11H2,1-4H3,(H,17,18). The number of carbonyl (C=O) groups excluding carboxylic acids is 2. The maximum absolute atomic E-state index is 11.7. The normalized spacial score (nSPS) is 10.9. The number of nitrogens with one attached hydrogen (secondary N) is 1. The molecule has 1 rings (SSSR count). The van der Waals surface area contributed by atoms with E-state index in [0.717, 1.165) is 12.0 Å². The second-order valence-corrected chi connectivity index (χ2v) is 5.47. The van der Waals surface area contributed by atoms with Gasteiger partial charge in [-0.15, -0.1) is 0 Å². The first-order valence-corrected chi connectivity index (χ1v) is 6.96. The lowest BCUT2D eigenvalue weighted by molar-refractivity contribution is -0.139. The molecule has 0 aliphatic heterocycles. The Morgan fingerprint density at radius 3 is 2.33 bits per heavy atom. The molecule has 1 aromatic carbocycles. The molecule has 0 saturated heterocycles. The first-order valence-electron chi connectivity index (χ1n) is 6.96. The summed E-state index contributed by atoms with van der Waals surface area (Å²) < 4.78 is 10.0. The van der Waals surface area contributed by atoms with E-state index in [0.29, 0.717) is 5.75 Å². The number of carbonyl (C=O) groups is 2. The fourth-order valence-electron chi connectivity index (χ4n) is 1.59. The van der Waals surface area contributed by atoms with Gasteiger partial charge < -0.3 is 14.8 Å². The minimum Gasteiger partial charge on any atom is -0.484 e. The highest BCUT2D eigenvalue weighted by Crippen LogP contribution is 2.13. The van der Waals surface area contributed by atoms with Gasteiger partial charge in [-0.2, -0.15) is 0 Å². The van der Waals surface area contributed by atoms with Gasteiger partial charge in [-0.25, -0.2) is 0 Å². The lowest BCUT2D eigenvalue weighted by atomic mass is 10.0. The molecule has 1 amide bonds. The first kappa shape index (κ1) is 17.0. The molecule has 0 saturated carbocycles. The van der Waals surface area contributed by atoms with E-state index in [1.807, 2.05) is 20.8 Å². The largest absolute Gasteiger partial charge is 0.484 e. The molecule has 0 spiro atoms. The Bertz CT molecular complexity index is 480. The Balaban J connectivity index is 2.46. The molecule has 1 aromatic rings. The minimum atomic E-state index is -0.287. The van der Waals surface area contributed by atoms with E-state index in [4.69, 9.17) is 4.74 Å². The molecule has 5 nitrogen and oxygen atoms in total. The topological polar surface area (TPSA) is 64.6 Å². The van der Waals surface area contributed by atoms with Gasteiger partial charge in [-0.1, -0.05) is 19.1 Å². The van der Waals surface area contributed by atoms with Crippen molar-refractivity contribution in [3.05, 3.63) is 29.8 Å². The average molecular weight is 293 g/mol. The number of benzene rings is 1. The third-order valence-corrected chi connectivity index (χ3v) is 3.23. The van der Waals surface area contributed by atoms with Crippen LogP contribution in [0.25, 0.3) is 0 Å². The van der Waals surface area contributed by atoms with Crippen molar-refractivity contribution in [2.24, 2.45) is 0 Å². The summed E-state index contributed by atoms with van der Waals surface area (Å²) in [6, 6.07) is 7.02. The van der Waals surface area contributed by atoms with Gasteiger partial charge in [0.15, 0.2) is 6.61 Å². The zero-order chi connectivity index (χ0) is 15.9. The predicted octanol–water partition coefficient (Wildman–Crippen LogP) is 2.09. The Morgan fingerprint density at radius 1 is 1.19 bits per heavy atom. The van der Waals surface area contributed by atoms with Gasteiger partial charge in [0.25, 0.3) is 5.91 Å². The van der Waals surface area contributed by atoms with Crippen LogP contribution < -0.4 is 10.1 Å². The van der Waals surface area contributed by atoms with Crippen LogP contribution in [-0.4, -0.2) is 31.1 Å². The highest BCUT2D eigenvalue weighted by atomic mass is 16.5. The lowest BCUT2D eigenvalue weighted by Crippen LogP contribution is -2.44. The Morgan fingerprint density at radius 2 is 1.81 bits per heavy atom. The molecule has 0 bridgehead atoms. The number of methoxy groups -OCH3 is 1. The average Bonchev–Trinajstić information content (AvgIpc) is 2.46. The van der Waals surface area contributed by atoms with Crippen molar-refractivity contribution < 1.29 is 19.1 Å². The molecular weight excluding hydrogens is 270 g/mol. The van der Waals surface area contributed by atoms with Gasteiger partial charge in [0.2, 0.25) is 0 Å². The summed E-state index contributed by atoms with van der Waals surface area (Å²) in [5.74, 6) is 0.151. The van der Waals surface area contributed by atoms with Gasteiger partial charge in [0.05, 0.1) is 13.5 Å². The van der Waals surface area contributed by atoms with Crippen LogP contribution >= 0.6 is 0 Å². The van der Waals surface area contributed by atoms with Gasteiger partial charge in [-0.3, -0.25) is 9.59 Å². The van der Waals surface area contributed by atoms with E-state index in [2.05, 4.69) is 10.1 Å². The van der Waals surface area contributed by atoms with Crippen LogP contribution in [-0.2, 0) is 20.7 Å². The highest BCUT2D eigenvalue weighted by Gasteiger charge is 2.17. The summed E-state index contributed by atoms with van der Waals surface area (Å²) >= 11 is 0. The minimum absolute atomic E-state index is 0.0280. The summed E-state index contributed by atoms with van der Waals surface area (Å²) in [4.78, 5) is 22.9. The number of esters is 1. The molecule has 0 aliphatic carbocycles. The van der Waals surface area contributed by atoms with E-state index in [1.165, 1.54) is 7.11 Å². The van der Waals surface area contributed by atoms with Crippen molar-refractivity contribution in [2.45, 2.75) is 39.2 Å². The molecule has 0 fully saturated rings. The van der Waals surface area contributed by atoms with Crippen LogP contribution in [0.3, 0.4) is 0 Å². The van der Waals surface area contributed by atoms with Crippen molar-refractivity contribution in [1.82, 2.24) is 5.32 Å². The number of hydrogen-bond acceptors (Lipinski definition) is 4. The smallest absolute Gasteiger partial charge is 0.309 e. The molecule has 0 heterocycles. The van der Waals surface area contributed by atoms with Crippen LogP contribution in [0, 0.1) is 0 Å². The Kier molecular flexibility index (Phi) is 6.21. The number of amides is 1. The second kappa shape index (κ2) is 7.67. The quantitative estimate of drug-likeness (QED) is 0.782. The fraction of sp³-hybridized carbons (Fsp3) is 0.500. The van der Waals surface area contributed by atoms with Crippen LogP contribution in [0.5, 0.6) is 5.75 Å². The maximum atomic E-state index is 11.7. The molecule has 5 heteroatoms. The molecule has 0 aliphatic rings. The summed E-state index contributed by atoms with van der Waals surface area (Å²) in [6.07, 6.45) is 1.07. The SMILES string of the molecule is CCC(C)(C)NC(=O)COc1ccc(CC(=O)OC)cc1. The van der Waals surface area contributed by atoms with Crippen molar-refractivity contribution in [1.29, 1.82) is 0 Å². The van der Waals surface area contributed by atoms with E-state index < -0.39 is 0 Å². The Hall–Kier alpha value is -2.04.